The molecule has 1 fully saturated rings. The van der Waals surface area contributed by atoms with E-state index in [1.54, 1.807) is 0 Å². The van der Waals surface area contributed by atoms with Crippen molar-refractivity contribution < 1.29 is 13.2 Å². The Balaban J connectivity index is 2.25. The second-order valence-electron chi connectivity index (χ2n) is 4.58. The summed E-state index contributed by atoms with van der Waals surface area (Å²) < 4.78 is 37.8. The summed E-state index contributed by atoms with van der Waals surface area (Å²) in [5.74, 6) is -1.30. The lowest BCUT2D eigenvalue weighted by Crippen LogP contribution is -2.25. The van der Waals surface area contributed by atoms with Gasteiger partial charge >= 0.3 is 6.18 Å². The van der Waals surface area contributed by atoms with Crippen molar-refractivity contribution in [3.8, 4) is 0 Å². The first kappa shape index (κ1) is 14.2. The molecule has 0 aromatic carbocycles. The van der Waals surface area contributed by atoms with Gasteiger partial charge in [0, 0.05) is 6.04 Å². The normalized spacial score (nSPS) is 17.5. The summed E-state index contributed by atoms with van der Waals surface area (Å²) in [5, 5.41) is 2.57. The van der Waals surface area contributed by atoms with E-state index in [1.165, 1.54) is 0 Å². The Labute approximate surface area is 113 Å². The van der Waals surface area contributed by atoms with Crippen LogP contribution in [0.5, 0.6) is 0 Å². The zero-order valence-corrected chi connectivity index (χ0v) is 10.9. The van der Waals surface area contributed by atoms with Crippen LogP contribution in [0.4, 0.5) is 24.7 Å². The molecule has 1 saturated carbocycles. The molecule has 0 amide bonds. The number of nitrogens with two attached hydrogens (primary N) is 1. The minimum atomic E-state index is -4.64. The zero-order chi connectivity index (χ0) is 14.0. The zero-order valence-electron chi connectivity index (χ0n) is 10.1. The van der Waals surface area contributed by atoms with E-state index in [0.29, 0.717) is 0 Å². The van der Waals surface area contributed by atoms with Gasteiger partial charge in [-0.2, -0.15) is 13.2 Å². The fourth-order valence-electron chi connectivity index (χ4n) is 2.12. The van der Waals surface area contributed by atoms with Gasteiger partial charge < -0.3 is 11.1 Å². The number of halogens is 4. The van der Waals surface area contributed by atoms with Gasteiger partial charge in [-0.15, -0.1) is 0 Å². The number of anilines is 2. The molecule has 0 spiro atoms. The molecule has 1 aromatic rings. The highest BCUT2D eigenvalue weighted by Gasteiger charge is 2.36. The second-order valence-corrected chi connectivity index (χ2v) is 4.94. The SMILES string of the molecule is Nc1c(Cl)nc(C(F)(F)F)nc1NC1CCCCC1. The van der Waals surface area contributed by atoms with E-state index in [1.807, 2.05) is 0 Å². The van der Waals surface area contributed by atoms with Gasteiger partial charge in [0.05, 0.1) is 0 Å². The maximum atomic E-state index is 12.6. The topological polar surface area (TPSA) is 63.8 Å². The van der Waals surface area contributed by atoms with E-state index in [-0.39, 0.29) is 22.7 Å². The lowest BCUT2D eigenvalue weighted by Gasteiger charge is -2.24. The molecule has 1 aliphatic rings. The number of hydrogen-bond donors (Lipinski definition) is 2. The third-order valence-electron chi connectivity index (χ3n) is 3.10. The number of alkyl halides is 3. The molecule has 1 heterocycles. The Morgan fingerprint density at radius 1 is 1.16 bits per heavy atom. The molecule has 1 aliphatic carbocycles. The molecular formula is C11H14ClF3N4. The second kappa shape index (κ2) is 5.40. The molecule has 0 radical (unpaired) electrons. The van der Waals surface area contributed by atoms with E-state index in [2.05, 4.69) is 15.3 Å². The quantitative estimate of drug-likeness (QED) is 0.820. The van der Waals surface area contributed by atoms with E-state index >= 15 is 0 Å². The first-order valence-electron chi connectivity index (χ1n) is 6.04. The van der Waals surface area contributed by atoms with Gasteiger partial charge in [0.2, 0.25) is 5.82 Å². The van der Waals surface area contributed by atoms with Gasteiger partial charge in [-0.3, -0.25) is 0 Å². The minimum absolute atomic E-state index is 0.0285. The van der Waals surface area contributed by atoms with Gasteiger partial charge in [-0.1, -0.05) is 30.9 Å². The van der Waals surface area contributed by atoms with Crippen LogP contribution in [-0.2, 0) is 6.18 Å². The average molecular weight is 295 g/mol. The third-order valence-corrected chi connectivity index (χ3v) is 3.39. The number of nitrogens with one attached hydrogen (secondary N) is 1. The first-order valence-corrected chi connectivity index (χ1v) is 6.42. The van der Waals surface area contributed by atoms with Crippen LogP contribution in [0.25, 0.3) is 0 Å². The molecule has 3 N–H and O–H groups in total. The summed E-state index contributed by atoms with van der Waals surface area (Å²) in [5.41, 5.74) is 5.58. The molecule has 2 rings (SSSR count). The largest absolute Gasteiger partial charge is 0.451 e. The Hall–Kier alpha value is -1.24. The number of nitrogens with zero attached hydrogens (tertiary/aromatic N) is 2. The predicted molar refractivity (Wildman–Crippen MR) is 67.0 cm³/mol. The van der Waals surface area contributed by atoms with Crippen molar-refractivity contribution in [3.63, 3.8) is 0 Å². The fraction of sp³-hybridized carbons (Fsp3) is 0.636. The average Bonchev–Trinajstić information content (AvgIpc) is 2.34. The van der Waals surface area contributed by atoms with Gasteiger partial charge in [-0.05, 0) is 12.8 Å². The van der Waals surface area contributed by atoms with Crippen LogP contribution in [0, 0.1) is 0 Å². The standard InChI is InChI=1S/C11H14ClF3N4/c12-8-7(16)9(17-6-4-2-1-3-5-6)19-10(18-8)11(13,14)15/h6H,1-5,16H2,(H,17,18,19). The van der Waals surface area contributed by atoms with Crippen molar-refractivity contribution in [1.82, 2.24) is 9.97 Å². The molecule has 1 aromatic heterocycles. The van der Waals surface area contributed by atoms with Crippen LogP contribution in [0.3, 0.4) is 0 Å². The van der Waals surface area contributed by atoms with Gasteiger partial charge in [0.25, 0.3) is 0 Å². The van der Waals surface area contributed by atoms with Crippen molar-refractivity contribution in [2.45, 2.75) is 44.3 Å². The van der Waals surface area contributed by atoms with Gasteiger partial charge in [0.1, 0.15) is 5.69 Å². The monoisotopic (exact) mass is 294 g/mol. The van der Waals surface area contributed by atoms with Gasteiger partial charge in [0.15, 0.2) is 11.0 Å². The highest BCUT2D eigenvalue weighted by atomic mass is 35.5. The molecule has 0 bridgehead atoms. The Bertz CT molecular complexity index is 458. The molecule has 106 valence electrons. The molecule has 0 aliphatic heterocycles. The van der Waals surface area contributed by atoms with E-state index in [9.17, 15) is 13.2 Å². The van der Waals surface area contributed by atoms with E-state index in [0.717, 1.165) is 32.1 Å². The maximum Gasteiger partial charge on any atom is 0.451 e. The van der Waals surface area contributed by atoms with Crippen LogP contribution in [-0.4, -0.2) is 16.0 Å². The summed E-state index contributed by atoms with van der Waals surface area (Å²) in [6, 6.07) is 0.0862. The molecule has 0 unspecified atom stereocenters. The summed E-state index contributed by atoms with van der Waals surface area (Å²) in [6.07, 6.45) is 0.377. The smallest absolute Gasteiger partial charge is 0.393 e. The number of nitrogen functional groups attached to an aromatic ring is 1. The maximum absolute atomic E-state index is 12.6. The van der Waals surface area contributed by atoms with Crippen LogP contribution < -0.4 is 11.1 Å². The van der Waals surface area contributed by atoms with Crippen LogP contribution in [0.2, 0.25) is 5.15 Å². The van der Waals surface area contributed by atoms with E-state index < -0.39 is 12.0 Å². The Morgan fingerprint density at radius 3 is 2.37 bits per heavy atom. The predicted octanol–water partition coefficient (Wildman–Crippen LogP) is 3.48. The van der Waals surface area contributed by atoms with Crippen LogP contribution >= 0.6 is 11.6 Å². The van der Waals surface area contributed by atoms with Crippen molar-refractivity contribution in [2.24, 2.45) is 0 Å². The number of rotatable bonds is 2. The molecule has 0 atom stereocenters. The highest BCUT2D eigenvalue weighted by molar-refractivity contribution is 6.32. The summed E-state index contributed by atoms with van der Waals surface area (Å²) >= 11 is 5.63. The summed E-state index contributed by atoms with van der Waals surface area (Å²) in [6.45, 7) is 0. The lowest BCUT2D eigenvalue weighted by molar-refractivity contribution is -0.144. The van der Waals surface area contributed by atoms with Crippen LogP contribution in [0.1, 0.15) is 37.9 Å². The first-order chi connectivity index (χ1) is 8.88. The molecule has 0 saturated heterocycles. The molecular weight excluding hydrogens is 281 g/mol. The van der Waals surface area contributed by atoms with Crippen molar-refractivity contribution in [2.75, 3.05) is 11.1 Å². The van der Waals surface area contributed by atoms with Crippen molar-refractivity contribution in [1.29, 1.82) is 0 Å². The minimum Gasteiger partial charge on any atom is -0.393 e. The lowest BCUT2D eigenvalue weighted by atomic mass is 9.95. The number of hydrogen-bond acceptors (Lipinski definition) is 4. The fourth-order valence-corrected chi connectivity index (χ4v) is 2.29. The summed E-state index contributed by atoms with van der Waals surface area (Å²) in [4.78, 5) is 6.60. The Morgan fingerprint density at radius 2 is 1.79 bits per heavy atom. The molecule has 4 nitrogen and oxygen atoms in total. The third kappa shape index (κ3) is 3.40. The summed E-state index contributed by atoms with van der Waals surface area (Å²) in [7, 11) is 0. The Kier molecular flexibility index (Phi) is 4.03. The van der Waals surface area contributed by atoms with Crippen molar-refractivity contribution in [3.05, 3.63) is 11.0 Å². The number of aromatic nitrogens is 2. The highest BCUT2D eigenvalue weighted by Crippen LogP contribution is 2.33. The molecule has 8 heteroatoms. The van der Waals surface area contributed by atoms with E-state index in [4.69, 9.17) is 17.3 Å². The molecule has 19 heavy (non-hydrogen) atoms. The van der Waals surface area contributed by atoms with Gasteiger partial charge in [-0.25, -0.2) is 9.97 Å². The van der Waals surface area contributed by atoms with Crippen LogP contribution in [0.15, 0.2) is 0 Å². The van der Waals surface area contributed by atoms with Crippen molar-refractivity contribution >= 4 is 23.1 Å².